The molecule has 27 heavy (non-hydrogen) atoms. The fourth-order valence-corrected chi connectivity index (χ4v) is 5.68. The maximum atomic E-state index is 12.7. The highest BCUT2D eigenvalue weighted by molar-refractivity contribution is 8.00. The summed E-state index contributed by atoms with van der Waals surface area (Å²) in [5.41, 5.74) is 1.40. The number of hydrogen-bond acceptors (Lipinski definition) is 7. The fourth-order valence-electron chi connectivity index (χ4n) is 3.34. The lowest BCUT2D eigenvalue weighted by molar-refractivity contribution is -0.129. The molecule has 1 amide bonds. The maximum absolute atomic E-state index is 12.7. The van der Waals surface area contributed by atoms with Crippen molar-refractivity contribution in [1.82, 2.24) is 14.9 Å². The van der Waals surface area contributed by atoms with E-state index in [1.807, 2.05) is 0 Å². The van der Waals surface area contributed by atoms with E-state index in [1.54, 1.807) is 36.8 Å². The Kier molecular flexibility index (Phi) is 7.46. The first-order valence-corrected chi connectivity index (χ1v) is 11.1. The third kappa shape index (κ3) is 4.99. The number of thioether (sulfide) groups is 1. The highest BCUT2D eigenvalue weighted by Crippen LogP contribution is 2.40. The molecule has 3 rings (SSSR count). The second kappa shape index (κ2) is 9.82. The van der Waals surface area contributed by atoms with Gasteiger partial charge >= 0.3 is 0 Å². The number of thiophene rings is 1. The van der Waals surface area contributed by atoms with E-state index < -0.39 is 0 Å². The number of aromatic nitrogens is 2. The number of carbonyl (C=O) groups excluding carboxylic acids is 1. The standard InChI is InChI=1S/C19H27N3O3S2/c1-13-4-5-14-15(10-13)27-19-17(14)18(20-12-21-19)26-11-16(23)22(6-8-24-2)7-9-25-3/h12-13H,4-11H2,1-3H3/t13-/m0/s1. The van der Waals surface area contributed by atoms with Crippen LogP contribution in [-0.2, 0) is 27.1 Å². The predicted molar refractivity (Wildman–Crippen MR) is 110 cm³/mol. The molecular formula is C19H27N3O3S2. The zero-order chi connectivity index (χ0) is 19.2. The molecule has 0 spiro atoms. The second-order valence-corrected chi connectivity index (χ2v) is 8.91. The van der Waals surface area contributed by atoms with Gasteiger partial charge in [0.1, 0.15) is 16.2 Å². The molecule has 0 saturated carbocycles. The SMILES string of the molecule is COCCN(CCOC)C(=O)CSc1ncnc2sc3c(c12)CC[C@H](C)C3. The maximum Gasteiger partial charge on any atom is 0.233 e. The number of rotatable bonds is 9. The average Bonchev–Trinajstić information content (AvgIpc) is 3.04. The Bertz CT molecular complexity index is 773. The number of methoxy groups -OCH3 is 2. The number of aryl methyl sites for hydroxylation is 1. The Morgan fingerprint density at radius 1 is 1.30 bits per heavy atom. The number of hydrogen-bond donors (Lipinski definition) is 0. The molecular weight excluding hydrogens is 382 g/mol. The molecule has 0 unspecified atom stereocenters. The molecule has 6 nitrogen and oxygen atoms in total. The van der Waals surface area contributed by atoms with Gasteiger partial charge in [-0.25, -0.2) is 9.97 Å². The molecule has 2 aromatic rings. The minimum atomic E-state index is 0.0820. The monoisotopic (exact) mass is 409 g/mol. The molecule has 148 valence electrons. The van der Waals surface area contributed by atoms with Crippen molar-refractivity contribution in [3.8, 4) is 0 Å². The van der Waals surface area contributed by atoms with Crippen LogP contribution in [0.4, 0.5) is 0 Å². The summed E-state index contributed by atoms with van der Waals surface area (Å²) in [4.78, 5) is 26.0. The first kappa shape index (κ1) is 20.5. The van der Waals surface area contributed by atoms with Crippen molar-refractivity contribution in [1.29, 1.82) is 0 Å². The van der Waals surface area contributed by atoms with Crippen LogP contribution >= 0.6 is 23.1 Å². The Labute approximate surface area is 168 Å². The van der Waals surface area contributed by atoms with E-state index in [9.17, 15) is 4.79 Å². The first-order valence-electron chi connectivity index (χ1n) is 9.27. The smallest absolute Gasteiger partial charge is 0.233 e. The molecule has 1 aliphatic carbocycles. The quantitative estimate of drug-likeness (QED) is 0.469. The van der Waals surface area contributed by atoms with E-state index >= 15 is 0 Å². The Morgan fingerprint density at radius 2 is 2.04 bits per heavy atom. The van der Waals surface area contributed by atoms with E-state index in [0.29, 0.717) is 32.1 Å². The van der Waals surface area contributed by atoms with Gasteiger partial charge in [-0.1, -0.05) is 18.7 Å². The van der Waals surface area contributed by atoms with Gasteiger partial charge in [0.05, 0.1) is 19.0 Å². The van der Waals surface area contributed by atoms with Crippen LogP contribution in [0.5, 0.6) is 0 Å². The van der Waals surface area contributed by atoms with Gasteiger partial charge in [-0.05, 0) is 30.7 Å². The van der Waals surface area contributed by atoms with Crippen LogP contribution < -0.4 is 0 Å². The van der Waals surface area contributed by atoms with Crippen molar-refractivity contribution in [2.45, 2.75) is 31.2 Å². The third-order valence-corrected chi connectivity index (χ3v) is 7.01. The van der Waals surface area contributed by atoms with Crippen molar-refractivity contribution in [2.75, 3.05) is 46.3 Å². The molecule has 0 fully saturated rings. The lowest BCUT2D eigenvalue weighted by atomic mass is 9.89. The second-order valence-electron chi connectivity index (χ2n) is 6.87. The number of nitrogens with zero attached hydrogens (tertiary/aromatic N) is 3. The van der Waals surface area contributed by atoms with E-state index in [4.69, 9.17) is 9.47 Å². The minimum absolute atomic E-state index is 0.0820. The summed E-state index contributed by atoms with van der Waals surface area (Å²) in [6.45, 7) is 4.50. The van der Waals surface area contributed by atoms with Crippen molar-refractivity contribution in [3.63, 3.8) is 0 Å². The lowest BCUT2D eigenvalue weighted by Crippen LogP contribution is -2.37. The summed E-state index contributed by atoms with van der Waals surface area (Å²) in [7, 11) is 3.29. The van der Waals surface area contributed by atoms with Crippen LogP contribution in [0, 0.1) is 5.92 Å². The highest BCUT2D eigenvalue weighted by atomic mass is 32.2. The molecule has 1 atom stereocenters. The summed E-state index contributed by atoms with van der Waals surface area (Å²) >= 11 is 3.30. The summed E-state index contributed by atoms with van der Waals surface area (Å²) in [6.07, 6.45) is 5.03. The van der Waals surface area contributed by atoms with Crippen LogP contribution in [0.15, 0.2) is 11.4 Å². The average molecular weight is 410 g/mol. The topological polar surface area (TPSA) is 64.6 Å². The van der Waals surface area contributed by atoms with E-state index in [0.717, 1.165) is 28.6 Å². The summed E-state index contributed by atoms with van der Waals surface area (Å²) in [6, 6.07) is 0. The van der Waals surface area contributed by atoms with Gasteiger partial charge in [0, 0.05) is 37.6 Å². The van der Waals surface area contributed by atoms with Crippen LogP contribution in [0.2, 0.25) is 0 Å². The van der Waals surface area contributed by atoms with Gasteiger partial charge in [0.2, 0.25) is 5.91 Å². The zero-order valence-electron chi connectivity index (χ0n) is 16.2. The summed E-state index contributed by atoms with van der Waals surface area (Å²) in [5.74, 6) is 1.17. The molecule has 0 aromatic carbocycles. The number of carbonyl (C=O) groups is 1. The molecule has 2 heterocycles. The molecule has 0 radical (unpaired) electrons. The molecule has 8 heteroatoms. The van der Waals surface area contributed by atoms with Gasteiger partial charge in [-0.15, -0.1) is 11.3 Å². The normalized spacial score (nSPS) is 16.5. The zero-order valence-corrected chi connectivity index (χ0v) is 17.8. The van der Waals surface area contributed by atoms with Crippen molar-refractivity contribution >= 4 is 39.2 Å². The van der Waals surface area contributed by atoms with E-state index in [-0.39, 0.29) is 5.91 Å². The van der Waals surface area contributed by atoms with Crippen molar-refractivity contribution < 1.29 is 14.3 Å². The molecule has 1 aliphatic rings. The van der Waals surface area contributed by atoms with E-state index in [1.165, 1.54) is 34.0 Å². The van der Waals surface area contributed by atoms with Gasteiger partial charge in [0.25, 0.3) is 0 Å². The van der Waals surface area contributed by atoms with E-state index in [2.05, 4.69) is 16.9 Å². The molecule has 0 saturated heterocycles. The Hall–Kier alpha value is -1.22. The van der Waals surface area contributed by atoms with Gasteiger partial charge in [-0.2, -0.15) is 0 Å². The van der Waals surface area contributed by atoms with Crippen LogP contribution in [0.3, 0.4) is 0 Å². The van der Waals surface area contributed by atoms with Gasteiger partial charge in [0.15, 0.2) is 0 Å². The third-order valence-electron chi connectivity index (χ3n) is 4.87. The molecule has 0 bridgehead atoms. The van der Waals surface area contributed by atoms with Gasteiger partial charge < -0.3 is 14.4 Å². The number of fused-ring (bicyclic) bond motifs is 3. The summed E-state index contributed by atoms with van der Waals surface area (Å²) < 4.78 is 10.2. The molecule has 0 aliphatic heterocycles. The number of ether oxygens (including phenoxy) is 2. The van der Waals surface area contributed by atoms with Crippen LogP contribution in [0.1, 0.15) is 23.8 Å². The first-order chi connectivity index (χ1) is 13.1. The Balaban J connectivity index is 1.73. The van der Waals surface area contributed by atoms with Gasteiger partial charge in [-0.3, -0.25) is 4.79 Å². The molecule has 2 aromatic heterocycles. The van der Waals surface area contributed by atoms with Crippen LogP contribution in [0.25, 0.3) is 10.2 Å². The predicted octanol–water partition coefficient (Wildman–Crippen LogP) is 3.03. The number of amides is 1. The lowest BCUT2D eigenvalue weighted by Gasteiger charge is -2.22. The van der Waals surface area contributed by atoms with Crippen molar-refractivity contribution in [2.24, 2.45) is 5.92 Å². The van der Waals surface area contributed by atoms with Crippen LogP contribution in [-0.4, -0.2) is 67.1 Å². The Morgan fingerprint density at radius 3 is 2.74 bits per heavy atom. The molecule has 0 N–H and O–H groups in total. The summed E-state index contributed by atoms with van der Waals surface area (Å²) in [5, 5.41) is 2.10. The van der Waals surface area contributed by atoms with Crippen molar-refractivity contribution in [3.05, 3.63) is 16.8 Å². The largest absolute Gasteiger partial charge is 0.383 e. The fraction of sp³-hybridized carbons (Fsp3) is 0.632. The highest BCUT2D eigenvalue weighted by Gasteiger charge is 2.24. The minimum Gasteiger partial charge on any atom is -0.383 e.